The molecule has 2 heterocycles. The van der Waals surface area contributed by atoms with Gasteiger partial charge in [0.15, 0.2) is 0 Å². The number of rotatable bonds is 1. The lowest BCUT2D eigenvalue weighted by Crippen LogP contribution is -2.23. The van der Waals surface area contributed by atoms with Crippen LogP contribution >= 0.6 is 0 Å². The fourth-order valence-electron chi connectivity index (χ4n) is 1.79. The maximum atomic E-state index is 6.07. The van der Waals surface area contributed by atoms with E-state index >= 15 is 0 Å². The Balaban J connectivity index is 2.11. The first-order valence-electron chi connectivity index (χ1n) is 4.38. The molecule has 4 heteroatoms. The minimum absolute atomic E-state index is 0.0930. The third kappa shape index (κ3) is 0.679. The number of fused-ring (bicyclic) bond motifs is 1. The molecule has 1 saturated carbocycles. The predicted octanol–water partition coefficient (Wildman–Crippen LogP) is 0.256. The first-order chi connectivity index (χ1) is 5.80. The van der Waals surface area contributed by atoms with Crippen LogP contribution in [0, 0.1) is 0 Å². The highest BCUT2D eigenvalue weighted by Gasteiger charge is 2.44. The topological polar surface area (TPSA) is 55.9 Å². The van der Waals surface area contributed by atoms with Crippen molar-refractivity contribution in [2.24, 2.45) is 5.73 Å². The quantitative estimate of drug-likeness (QED) is 0.626. The molecule has 0 aromatic carbocycles. The fourth-order valence-corrected chi connectivity index (χ4v) is 1.79. The second-order valence-electron chi connectivity index (χ2n) is 3.70. The molecule has 2 aliphatic rings. The Labute approximate surface area is 70.8 Å². The van der Waals surface area contributed by atoms with E-state index in [0.717, 1.165) is 37.6 Å². The Morgan fingerprint density at radius 2 is 2.42 bits per heavy atom. The average molecular weight is 164 g/mol. The van der Waals surface area contributed by atoms with E-state index < -0.39 is 0 Å². The number of hydrogen-bond donors (Lipinski definition) is 2. The Hall–Kier alpha value is -1.03. The molecule has 1 aromatic rings. The van der Waals surface area contributed by atoms with Gasteiger partial charge in [0.1, 0.15) is 11.6 Å². The largest absolute Gasteiger partial charge is 0.368 e. The van der Waals surface area contributed by atoms with Gasteiger partial charge in [0.2, 0.25) is 0 Å². The lowest BCUT2D eigenvalue weighted by molar-refractivity contribution is 0.610. The third-order valence-electron chi connectivity index (χ3n) is 2.73. The zero-order chi connectivity index (χ0) is 8.18. The van der Waals surface area contributed by atoms with Crippen molar-refractivity contribution in [2.45, 2.75) is 24.9 Å². The monoisotopic (exact) mass is 164 g/mol. The Morgan fingerprint density at radius 3 is 3.17 bits per heavy atom. The molecule has 0 amide bonds. The summed E-state index contributed by atoms with van der Waals surface area (Å²) in [5.41, 5.74) is 5.98. The van der Waals surface area contributed by atoms with Gasteiger partial charge in [-0.25, -0.2) is 4.98 Å². The molecule has 4 nitrogen and oxygen atoms in total. The van der Waals surface area contributed by atoms with E-state index in [1.165, 1.54) is 0 Å². The van der Waals surface area contributed by atoms with Gasteiger partial charge in [0.25, 0.3) is 0 Å². The first kappa shape index (κ1) is 6.48. The van der Waals surface area contributed by atoms with Crippen LogP contribution in [-0.4, -0.2) is 16.1 Å². The van der Waals surface area contributed by atoms with Gasteiger partial charge in [0.05, 0.1) is 11.7 Å². The van der Waals surface area contributed by atoms with Gasteiger partial charge in [-0.2, -0.15) is 0 Å². The SMILES string of the molecule is NC1(c2ncc3n2CCN3)CC1. The number of imidazole rings is 1. The van der Waals surface area contributed by atoms with Crippen molar-refractivity contribution >= 4 is 5.82 Å². The first-order valence-corrected chi connectivity index (χ1v) is 4.38. The lowest BCUT2D eigenvalue weighted by atomic mass is 10.3. The van der Waals surface area contributed by atoms with Crippen LogP contribution in [0.1, 0.15) is 18.7 Å². The van der Waals surface area contributed by atoms with Crippen LogP contribution in [0.2, 0.25) is 0 Å². The van der Waals surface area contributed by atoms with E-state index in [-0.39, 0.29) is 5.54 Å². The lowest BCUT2D eigenvalue weighted by Gasteiger charge is -2.08. The molecule has 0 unspecified atom stereocenters. The molecule has 3 rings (SSSR count). The number of hydrogen-bond acceptors (Lipinski definition) is 3. The van der Waals surface area contributed by atoms with Gasteiger partial charge in [-0.15, -0.1) is 0 Å². The van der Waals surface area contributed by atoms with Crippen molar-refractivity contribution in [3.8, 4) is 0 Å². The summed E-state index contributed by atoms with van der Waals surface area (Å²) in [7, 11) is 0. The number of nitrogens with zero attached hydrogens (tertiary/aromatic N) is 2. The number of nitrogens with one attached hydrogen (secondary N) is 1. The summed E-state index contributed by atoms with van der Waals surface area (Å²) in [6, 6.07) is 0. The number of aromatic nitrogens is 2. The van der Waals surface area contributed by atoms with Gasteiger partial charge < -0.3 is 15.6 Å². The summed E-state index contributed by atoms with van der Waals surface area (Å²) in [5, 5.41) is 3.27. The van der Waals surface area contributed by atoms with E-state index in [0.29, 0.717) is 0 Å². The molecule has 1 fully saturated rings. The summed E-state index contributed by atoms with van der Waals surface area (Å²) in [5.74, 6) is 2.20. The Morgan fingerprint density at radius 1 is 1.58 bits per heavy atom. The smallest absolute Gasteiger partial charge is 0.130 e. The van der Waals surface area contributed by atoms with Crippen LogP contribution in [0.25, 0.3) is 0 Å². The summed E-state index contributed by atoms with van der Waals surface area (Å²) in [6.07, 6.45) is 4.06. The van der Waals surface area contributed by atoms with Gasteiger partial charge in [0, 0.05) is 13.1 Å². The highest BCUT2D eigenvalue weighted by Crippen LogP contribution is 2.43. The van der Waals surface area contributed by atoms with Crippen LogP contribution in [0.3, 0.4) is 0 Å². The normalized spacial score (nSPS) is 23.4. The van der Waals surface area contributed by atoms with E-state index in [1.807, 2.05) is 6.20 Å². The van der Waals surface area contributed by atoms with E-state index in [9.17, 15) is 0 Å². The Kier molecular flexibility index (Phi) is 0.985. The number of nitrogens with two attached hydrogens (primary N) is 1. The predicted molar refractivity (Wildman–Crippen MR) is 45.8 cm³/mol. The number of anilines is 1. The molecule has 64 valence electrons. The van der Waals surface area contributed by atoms with E-state index in [1.54, 1.807) is 0 Å². The molecule has 0 saturated heterocycles. The molecular weight excluding hydrogens is 152 g/mol. The molecule has 12 heavy (non-hydrogen) atoms. The maximum Gasteiger partial charge on any atom is 0.130 e. The van der Waals surface area contributed by atoms with Crippen molar-refractivity contribution in [3.05, 3.63) is 12.0 Å². The minimum atomic E-state index is -0.0930. The van der Waals surface area contributed by atoms with Gasteiger partial charge in [-0.3, -0.25) is 0 Å². The summed E-state index contributed by atoms with van der Waals surface area (Å²) >= 11 is 0. The standard InChI is InChI=1S/C8H12N4/c9-8(1-2-8)7-11-5-6-10-3-4-12(6)7/h5,10H,1-4,9H2. The van der Waals surface area contributed by atoms with E-state index in [4.69, 9.17) is 5.73 Å². The Bertz CT molecular complexity index is 324. The van der Waals surface area contributed by atoms with Gasteiger partial charge in [-0.05, 0) is 12.8 Å². The molecule has 1 aliphatic heterocycles. The van der Waals surface area contributed by atoms with Crippen molar-refractivity contribution in [1.29, 1.82) is 0 Å². The third-order valence-corrected chi connectivity index (χ3v) is 2.73. The van der Waals surface area contributed by atoms with Crippen molar-refractivity contribution in [1.82, 2.24) is 9.55 Å². The maximum absolute atomic E-state index is 6.07. The van der Waals surface area contributed by atoms with Crippen LogP contribution in [0.5, 0.6) is 0 Å². The minimum Gasteiger partial charge on any atom is -0.368 e. The summed E-state index contributed by atoms with van der Waals surface area (Å²) in [4.78, 5) is 4.35. The van der Waals surface area contributed by atoms with Gasteiger partial charge in [-0.1, -0.05) is 0 Å². The summed E-state index contributed by atoms with van der Waals surface area (Å²) in [6.45, 7) is 2.03. The highest BCUT2D eigenvalue weighted by atomic mass is 15.3. The highest BCUT2D eigenvalue weighted by molar-refractivity contribution is 5.40. The molecule has 1 aromatic heterocycles. The van der Waals surface area contributed by atoms with Crippen LogP contribution in [0.15, 0.2) is 6.20 Å². The molecule has 1 aliphatic carbocycles. The fraction of sp³-hybridized carbons (Fsp3) is 0.625. The van der Waals surface area contributed by atoms with Crippen LogP contribution < -0.4 is 11.1 Å². The zero-order valence-electron chi connectivity index (χ0n) is 6.88. The van der Waals surface area contributed by atoms with Crippen molar-refractivity contribution in [2.75, 3.05) is 11.9 Å². The van der Waals surface area contributed by atoms with Crippen molar-refractivity contribution < 1.29 is 0 Å². The van der Waals surface area contributed by atoms with Gasteiger partial charge >= 0.3 is 0 Å². The van der Waals surface area contributed by atoms with E-state index in [2.05, 4.69) is 14.9 Å². The molecule has 0 spiro atoms. The molecule has 3 N–H and O–H groups in total. The van der Waals surface area contributed by atoms with Crippen LogP contribution in [-0.2, 0) is 12.1 Å². The molecule has 0 atom stereocenters. The second kappa shape index (κ2) is 1.82. The zero-order valence-corrected chi connectivity index (χ0v) is 6.88. The molecule has 0 radical (unpaired) electrons. The average Bonchev–Trinajstić information content (AvgIpc) is 2.48. The second-order valence-corrected chi connectivity index (χ2v) is 3.70. The molecule has 0 bridgehead atoms. The molecular formula is C8H12N4. The van der Waals surface area contributed by atoms with Crippen LogP contribution in [0.4, 0.5) is 5.82 Å². The van der Waals surface area contributed by atoms with Crippen molar-refractivity contribution in [3.63, 3.8) is 0 Å². The summed E-state index contributed by atoms with van der Waals surface area (Å²) < 4.78 is 2.20.